The van der Waals surface area contributed by atoms with Crippen molar-refractivity contribution in [3.05, 3.63) is 47.4 Å². The highest BCUT2D eigenvalue weighted by molar-refractivity contribution is 6.28. The van der Waals surface area contributed by atoms with E-state index in [-0.39, 0.29) is 48.7 Å². The van der Waals surface area contributed by atoms with Gasteiger partial charge in [-0.05, 0) is 30.0 Å². The third-order valence-corrected chi connectivity index (χ3v) is 8.17. The van der Waals surface area contributed by atoms with E-state index in [4.69, 9.17) is 46.4 Å². The van der Waals surface area contributed by atoms with Crippen LogP contribution in [-0.4, -0.2) is 123 Å². The Balaban J connectivity index is 1.03. The first-order chi connectivity index (χ1) is 23.6. The van der Waals surface area contributed by atoms with Crippen LogP contribution in [0.15, 0.2) is 36.5 Å². The van der Waals surface area contributed by atoms with Crippen LogP contribution >= 0.6 is 11.6 Å². The molecular formula is C33H43ClN6O8. The maximum atomic E-state index is 13.3. The second-order valence-electron chi connectivity index (χ2n) is 11.4. The Kier molecular flexibility index (Phi) is 14.2. The molecule has 260 valence electrons. The minimum atomic E-state index is -0.335. The smallest absolute Gasteiger partial charge is 0.227 e. The molecule has 0 radical (unpaired) electrons. The number of halogens is 1. The van der Waals surface area contributed by atoms with Crippen molar-refractivity contribution in [2.24, 2.45) is 5.92 Å². The van der Waals surface area contributed by atoms with Gasteiger partial charge in [0.15, 0.2) is 11.9 Å². The molecule has 2 fully saturated rings. The highest BCUT2D eigenvalue weighted by Crippen LogP contribution is 2.35. The summed E-state index contributed by atoms with van der Waals surface area (Å²) in [6.45, 7) is 5.03. The molecule has 3 aromatic rings. The van der Waals surface area contributed by atoms with Gasteiger partial charge in [-0.2, -0.15) is 15.1 Å². The molecule has 0 saturated carbocycles. The summed E-state index contributed by atoms with van der Waals surface area (Å²) in [5.74, 6) is 2.72. The fraction of sp³-hybridized carbons (Fsp3) is 0.576. The van der Waals surface area contributed by atoms with E-state index in [2.05, 4.69) is 26.3 Å². The van der Waals surface area contributed by atoms with Gasteiger partial charge in [0.05, 0.1) is 95.7 Å². The quantitative estimate of drug-likeness (QED) is 0.0960. The number of nitrogens with one attached hydrogen (secondary N) is 1. The Labute approximate surface area is 284 Å². The first-order valence-electron chi connectivity index (χ1n) is 16.2. The van der Waals surface area contributed by atoms with Gasteiger partial charge in [0.2, 0.25) is 11.2 Å². The van der Waals surface area contributed by atoms with Gasteiger partial charge < -0.3 is 43.7 Å². The van der Waals surface area contributed by atoms with Crippen molar-refractivity contribution in [1.29, 1.82) is 0 Å². The van der Waals surface area contributed by atoms with Crippen molar-refractivity contribution in [3.8, 4) is 12.3 Å². The van der Waals surface area contributed by atoms with Gasteiger partial charge >= 0.3 is 0 Å². The molecule has 3 atom stereocenters. The molecule has 15 heteroatoms. The molecule has 2 aliphatic heterocycles. The standard InChI is InChI=1S/C33H43ClN6O8/c1-2-10-43-11-12-44-13-14-45-15-16-46-17-18-47-23-28(24-6-4-3-5-7-24)36-32(42)25-20-39(21-25)30-27-19-35-40(31(27)38-33(34)37-30)29-9-8-26(22-41)48-29/h1,3-7,19,25-26,28-29,41H,8-18,20-23H2,(H,36,42). The number of rotatable bonds is 21. The number of terminal acetylenes is 1. The predicted molar refractivity (Wildman–Crippen MR) is 177 cm³/mol. The summed E-state index contributed by atoms with van der Waals surface area (Å²) in [7, 11) is 0. The van der Waals surface area contributed by atoms with Crippen LogP contribution in [0.1, 0.15) is 30.7 Å². The lowest BCUT2D eigenvalue weighted by Gasteiger charge is -2.40. The fourth-order valence-electron chi connectivity index (χ4n) is 5.46. The summed E-state index contributed by atoms with van der Waals surface area (Å²) < 4.78 is 35.1. The number of anilines is 1. The van der Waals surface area contributed by atoms with Gasteiger partial charge in [-0.25, -0.2) is 4.68 Å². The molecule has 3 unspecified atom stereocenters. The minimum absolute atomic E-state index is 0.0418. The molecule has 1 amide bonds. The van der Waals surface area contributed by atoms with Crippen LogP contribution in [0.2, 0.25) is 5.28 Å². The van der Waals surface area contributed by atoms with E-state index in [9.17, 15) is 9.90 Å². The number of nitrogens with zero attached hydrogens (tertiary/aromatic N) is 5. The largest absolute Gasteiger partial charge is 0.394 e. The maximum Gasteiger partial charge on any atom is 0.227 e. The summed E-state index contributed by atoms with van der Waals surface area (Å²) >= 11 is 6.32. The van der Waals surface area contributed by atoms with Crippen molar-refractivity contribution in [2.75, 3.05) is 90.7 Å². The van der Waals surface area contributed by atoms with Gasteiger partial charge in [-0.1, -0.05) is 36.3 Å². The molecule has 0 aliphatic carbocycles. The Morgan fingerprint density at radius 1 is 1.00 bits per heavy atom. The normalized spacial score (nSPS) is 18.6. The number of amides is 1. The fourth-order valence-corrected chi connectivity index (χ4v) is 5.62. The average molecular weight is 687 g/mol. The van der Waals surface area contributed by atoms with Crippen LogP contribution in [0.4, 0.5) is 5.82 Å². The van der Waals surface area contributed by atoms with Crippen LogP contribution in [-0.2, 0) is 33.2 Å². The second-order valence-corrected chi connectivity index (χ2v) is 11.7. The molecule has 1 aromatic carbocycles. The molecular weight excluding hydrogens is 644 g/mol. The number of aliphatic hydroxyl groups is 1. The lowest BCUT2D eigenvalue weighted by atomic mass is 9.97. The van der Waals surface area contributed by atoms with Crippen LogP contribution in [0, 0.1) is 18.3 Å². The van der Waals surface area contributed by atoms with Crippen molar-refractivity contribution in [2.45, 2.75) is 31.2 Å². The Bertz CT molecular complexity index is 1470. The number of benzene rings is 1. The summed E-state index contributed by atoms with van der Waals surface area (Å²) in [6.07, 6.45) is 7.70. The van der Waals surface area contributed by atoms with Gasteiger partial charge in [-0.3, -0.25) is 4.79 Å². The molecule has 0 spiro atoms. The number of hydrogen-bond acceptors (Lipinski definition) is 12. The SMILES string of the molecule is C#CCOCCOCCOCCOCCOCC(NC(=O)C1CN(c2nc(Cl)nc3c2cnn3C2CCC(CO)O2)C1)c1ccccc1. The zero-order valence-electron chi connectivity index (χ0n) is 26.9. The maximum absolute atomic E-state index is 13.3. The van der Waals surface area contributed by atoms with Crippen LogP contribution in [0.5, 0.6) is 0 Å². The molecule has 48 heavy (non-hydrogen) atoms. The first kappa shape index (κ1) is 35.9. The lowest BCUT2D eigenvalue weighted by Crippen LogP contribution is -2.54. The third-order valence-electron chi connectivity index (χ3n) is 8.00. The average Bonchev–Trinajstić information content (AvgIpc) is 3.73. The summed E-state index contributed by atoms with van der Waals surface area (Å²) in [4.78, 5) is 24.2. The van der Waals surface area contributed by atoms with E-state index in [1.54, 1.807) is 10.9 Å². The van der Waals surface area contributed by atoms with Crippen molar-refractivity contribution in [1.82, 2.24) is 25.1 Å². The van der Waals surface area contributed by atoms with Gasteiger partial charge in [-0.15, -0.1) is 6.42 Å². The number of carbonyl (C=O) groups excluding carboxylic acids is 1. The number of ether oxygens (including phenoxy) is 6. The lowest BCUT2D eigenvalue weighted by molar-refractivity contribution is -0.127. The molecule has 2 N–H and O–H groups in total. The molecule has 14 nitrogen and oxygen atoms in total. The van der Waals surface area contributed by atoms with Crippen molar-refractivity contribution in [3.63, 3.8) is 0 Å². The minimum Gasteiger partial charge on any atom is -0.394 e. The third kappa shape index (κ3) is 10.1. The number of aliphatic hydroxyl groups excluding tert-OH is 1. The molecule has 2 aromatic heterocycles. The van der Waals surface area contributed by atoms with Gasteiger partial charge in [0.1, 0.15) is 12.4 Å². The van der Waals surface area contributed by atoms with Crippen molar-refractivity contribution >= 4 is 34.4 Å². The zero-order valence-corrected chi connectivity index (χ0v) is 27.6. The number of aromatic nitrogens is 4. The Hall–Kier alpha value is -3.39. The Morgan fingerprint density at radius 2 is 1.67 bits per heavy atom. The molecule has 4 heterocycles. The topological polar surface area (TPSA) is 152 Å². The molecule has 5 rings (SSSR count). The van der Waals surface area contributed by atoms with E-state index < -0.39 is 0 Å². The number of hydrogen-bond donors (Lipinski definition) is 2. The van der Waals surface area contributed by atoms with E-state index in [1.165, 1.54) is 0 Å². The first-order valence-corrected chi connectivity index (χ1v) is 16.5. The summed E-state index contributed by atoms with van der Waals surface area (Å²) in [6, 6.07) is 9.43. The van der Waals surface area contributed by atoms with Gasteiger partial charge in [0, 0.05) is 13.1 Å². The van der Waals surface area contributed by atoms with E-state index in [0.29, 0.717) is 90.4 Å². The second kappa shape index (κ2) is 19.0. The van der Waals surface area contributed by atoms with Crippen LogP contribution in [0.3, 0.4) is 0 Å². The van der Waals surface area contributed by atoms with E-state index in [0.717, 1.165) is 17.4 Å². The molecule has 2 aliphatic rings. The molecule has 0 bridgehead atoms. The van der Waals surface area contributed by atoms with E-state index in [1.807, 2.05) is 35.2 Å². The summed E-state index contributed by atoms with van der Waals surface area (Å²) in [5.41, 5.74) is 1.51. The Morgan fingerprint density at radius 3 is 2.31 bits per heavy atom. The highest BCUT2D eigenvalue weighted by Gasteiger charge is 2.37. The van der Waals surface area contributed by atoms with Gasteiger partial charge in [0.25, 0.3) is 0 Å². The molecule has 2 saturated heterocycles. The number of fused-ring (bicyclic) bond motifs is 1. The predicted octanol–water partition coefficient (Wildman–Crippen LogP) is 2.16. The number of carbonyl (C=O) groups is 1. The monoisotopic (exact) mass is 686 g/mol. The zero-order chi connectivity index (χ0) is 33.6. The van der Waals surface area contributed by atoms with Crippen LogP contribution in [0.25, 0.3) is 11.0 Å². The highest BCUT2D eigenvalue weighted by atomic mass is 35.5. The summed E-state index contributed by atoms with van der Waals surface area (Å²) in [5, 5.41) is 17.9. The van der Waals surface area contributed by atoms with E-state index >= 15 is 0 Å². The van der Waals surface area contributed by atoms with Crippen LogP contribution < -0.4 is 10.2 Å². The van der Waals surface area contributed by atoms with Crippen molar-refractivity contribution < 1.29 is 38.3 Å².